The minimum Gasteiger partial charge on any atom is -0.456 e. The Labute approximate surface area is 96.5 Å². The third kappa shape index (κ3) is 2.29. The summed E-state index contributed by atoms with van der Waals surface area (Å²) in [6, 6.07) is 0. The van der Waals surface area contributed by atoms with Crippen molar-refractivity contribution in [2.45, 2.75) is 56.7 Å². The molecule has 16 heavy (non-hydrogen) atoms. The van der Waals surface area contributed by atoms with Crippen molar-refractivity contribution in [3.05, 3.63) is 12.7 Å². The van der Waals surface area contributed by atoms with E-state index in [-0.39, 0.29) is 5.97 Å². The second-order valence-electron chi connectivity index (χ2n) is 5.65. The molecule has 1 N–H and O–H groups in total. The van der Waals surface area contributed by atoms with Crippen LogP contribution in [0.4, 0.5) is 0 Å². The Morgan fingerprint density at radius 1 is 1.56 bits per heavy atom. The molecule has 0 spiro atoms. The van der Waals surface area contributed by atoms with E-state index >= 15 is 0 Å². The number of aliphatic hydroxyl groups is 1. The van der Waals surface area contributed by atoms with Crippen LogP contribution in [-0.2, 0) is 9.53 Å². The van der Waals surface area contributed by atoms with Crippen molar-refractivity contribution in [1.29, 1.82) is 0 Å². The van der Waals surface area contributed by atoms with Gasteiger partial charge in [0.1, 0.15) is 5.60 Å². The maximum Gasteiger partial charge on any atom is 0.330 e. The lowest BCUT2D eigenvalue weighted by Crippen LogP contribution is -2.51. The largest absolute Gasteiger partial charge is 0.456 e. The summed E-state index contributed by atoms with van der Waals surface area (Å²) in [5.74, 6) is 0.133. The SMILES string of the molecule is C=CC(=O)OC12CCCC(CC(C)(O)C1)C2. The quantitative estimate of drug-likeness (QED) is 0.577. The lowest BCUT2D eigenvalue weighted by Gasteiger charge is -2.49. The van der Waals surface area contributed by atoms with Gasteiger partial charge in [-0.2, -0.15) is 0 Å². The predicted octanol–water partition coefficient (Wildman–Crippen LogP) is 2.19. The summed E-state index contributed by atoms with van der Waals surface area (Å²) in [6.45, 7) is 5.28. The number of rotatable bonds is 2. The minimum atomic E-state index is -0.690. The van der Waals surface area contributed by atoms with Gasteiger partial charge in [0.05, 0.1) is 5.60 Å². The molecule has 0 saturated heterocycles. The number of hydrogen-bond donors (Lipinski definition) is 1. The predicted molar refractivity (Wildman–Crippen MR) is 60.8 cm³/mol. The van der Waals surface area contributed by atoms with Crippen LogP contribution in [0, 0.1) is 5.92 Å². The fourth-order valence-corrected chi connectivity index (χ4v) is 3.55. The number of hydrogen-bond acceptors (Lipinski definition) is 3. The maximum absolute atomic E-state index is 11.4. The summed E-state index contributed by atoms with van der Waals surface area (Å²) in [6.07, 6.45) is 6.62. The monoisotopic (exact) mass is 224 g/mol. The molecule has 3 heteroatoms. The Hall–Kier alpha value is -0.830. The third-order valence-corrected chi connectivity index (χ3v) is 3.82. The van der Waals surface area contributed by atoms with Crippen molar-refractivity contribution in [2.75, 3.05) is 0 Å². The molecular formula is C13H20O3. The molecule has 3 unspecified atom stereocenters. The van der Waals surface area contributed by atoms with Crippen LogP contribution in [0.1, 0.15) is 45.4 Å². The van der Waals surface area contributed by atoms with Crippen molar-refractivity contribution in [1.82, 2.24) is 0 Å². The first-order chi connectivity index (χ1) is 7.45. The molecule has 0 aromatic rings. The number of fused-ring (bicyclic) bond motifs is 2. The van der Waals surface area contributed by atoms with Crippen LogP contribution in [0.3, 0.4) is 0 Å². The molecule has 2 bridgehead atoms. The van der Waals surface area contributed by atoms with Crippen LogP contribution < -0.4 is 0 Å². The van der Waals surface area contributed by atoms with E-state index < -0.39 is 11.2 Å². The van der Waals surface area contributed by atoms with Crippen LogP contribution in [0.2, 0.25) is 0 Å². The van der Waals surface area contributed by atoms with E-state index in [1.54, 1.807) is 0 Å². The molecule has 2 rings (SSSR count). The summed E-state index contributed by atoms with van der Waals surface area (Å²) < 4.78 is 5.52. The molecule has 0 amide bonds. The first-order valence-corrected chi connectivity index (χ1v) is 6.03. The Morgan fingerprint density at radius 2 is 2.31 bits per heavy atom. The molecule has 0 radical (unpaired) electrons. The van der Waals surface area contributed by atoms with E-state index in [0.717, 1.165) is 32.1 Å². The topological polar surface area (TPSA) is 46.5 Å². The summed E-state index contributed by atoms with van der Waals surface area (Å²) >= 11 is 0. The highest BCUT2D eigenvalue weighted by atomic mass is 16.6. The molecular weight excluding hydrogens is 204 g/mol. The molecule has 0 aliphatic heterocycles. The van der Waals surface area contributed by atoms with E-state index in [9.17, 15) is 9.90 Å². The van der Waals surface area contributed by atoms with Crippen LogP contribution in [-0.4, -0.2) is 22.3 Å². The molecule has 90 valence electrons. The number of carbonyl (C=O) groups is 1. The van der Waals surface area contributed by atoms with Gasteiger partial charge >= 0.3 is 5.97 Å². The van der Waals surface area contributed by atoms with E-state index in [1.165, 1.54) is 6.08 Å². The fourth-order valence-electron chi connectivity index (χ4n) is 3.55. The molecule has 2 aliphatic rings. The smallest absolute Gasteiger partial charge is 0.330 e. The number of esters is 1. The summed E-state index contributed by atoms with van der Waals surface area (Å²) in [5.41, 5.74) is -1.12. The summed E-state index contributed by atoms with van der Waals surface area (Å²) in [7, 11) is 0. The van der Waals surface area contributed by atoms with Crippen LogP contribution in [0.5, 0.6) is 0 Å². The van der Waals surface area contributed by atoms with Crippen LogP contribution in [0.15, 0.2) is 12.7 Å². The van der Waals surface area contributed by atoms with Gasteiger partial charge in [0.15, 0.2) is 0 Å². The molecule has 0 aromatic heterocycles. The number of carbonyl (C=O) groups excluding carboxylic acids is 1. The summed E-state index contributed by atoms with van der Waals surface area (Å²) in [4.78, 5) is 11.4. The second-order valence-corrected chi connectivity index (χ2v) is 5.65. The van der Waals surface area contributed by atoms with E-state index in [4.69, 9.17) is 4.74 Å². The Morgan fingerprint density at radius 3 is 3.00 bits per heavy atom. The average molecular weight is 224 g/mol. The maximum atomic E-state index is 11.4. The van der Waals surface area contributed by atoms with Gasteiger partial charge in [-0.25, -0.2) is 4.79 Å². The Bertz CT molecular complexity index is 308. The van der Waals surface area contributed by atoms with Gasteiger partial charge in [0, 0.05) is 12.5 Å². The fraction of sp³-hybridized carbons (Fsp3) is 0.769. The van der Waals surface area contributed by atoms with Crippen molar-refractivity contribution in [3.63, 3.8) is 0 Å². The van der Waals surface area contributed by atoms with Gasteiger partial charge in [-0.15, -0.1) is 0 Å². The molecule has 2 aliphatic carbocycles. The minimum absolute atomic E-state index is 0.363. The second kappa shape index (κ2) is 3.88. The van der Waals surface area contributed by atoms with Gasteiger partial charge in [-0.1, -0.05) is 13.0 Å². The number of ether oxygens (including phenoxy) is 1. The van der Waals surface area contributed by atoms with Crippen molar-refractivity contribution in [2.24, 2.45) is 5.92 Å². The normalized spacial score (nSPS) is 42.5. The van der Waals surface area contributed by atoms with Crippen LogP contribution in [0.25, 0.3) is 0 Å². The Kier molecular flexibility index (Phi) is 2.82. The van der Waals surface area contributed by atoms with Crippen molar-refractivity contribution < 1.29 is 14.6 Å². The van der Waals surface area contributed by atoms with Crippen LogP contribution >= 0.6 is 0 Å². The van der Waals surface area contributed by atoms with Gasteiger partial charge in [-0.05, 0) is 38.5 Å². The highest BCUT2D eigenvalue weighted by molar-refractivity contribution is 5.81. The Balaban J connectivity index is 2.16. The van der Waals surface area contributed by atoms with Gasteiger partial charge < -0.3 is 9.84 Å². The molecule has 3 nitrogen and oxygen atoms in total. The first-order valence-electron chi connectivity index (χ1n) is 6.03. The zero-order valence-electron chi connectivity index (χ0n) is 9.87. The highest BCUT2D eigenvalue weighted by Gasteiger charge is 2.49. The van der Waals surface area contributed by atoms with Crippen molar-refractivity contribution >= 4 is 5.97 Å². The first kappa shape index (κ1) is 11.6. The third-order valence-electron chi connectivity index (χ3n) is 3.82. The van der Waals surface area contributed by atoms with Gasteiger partial charge in [0.25, 0.3) is 0 Å². The molecule has 2 fully saturated rings. The summed E-state index contributed by atoms with van der Waals surface area (Å²) in [5, 5.41) is 10.2. The zero-order valence-corrected chi connectivity index (χ0v) is 9.87. The van der Waals surface area contributed by atoms with E-state index in [2.05, 4.69) is 6.58 Å². The van der Waals surface area contributed by atoms with Gasteiger partial charge in [-0.3, -0.25) is 0 Å². The van der Waals surface area contributed by atoms with Gasteiger partial charge in [0.2, 0.25) is 0 Å². The standard InChI is InChI=1S/C13H20O3/c1-3-11(14)16-13-6-4-5-10(8-13)7-12(2,15)9-13/h3,10,15H,1,4-9H2,2H3. The lowest BCUT2D eigenvalue weighted by atomic mass is 9.64. The molecule has 2 saturated carbocycles. The molecule has 0 heterocycles. The highest BCUT2D eigenvalue weighted by Crippen LogP contribution is 2.48. The van der Waals surface area contributed by atoms with E-state index in [1.807, 2.05) is 6.92 Å². The molecule has 3 atom stereocenters. The lowest BCUT2D eigenvalue weighted by molar-refractivity contribution is -0.180. The zero-order chi connectivity index (χ0) is 11.8. The average Bonchev–Trinajstić information content (AvgIpc) is 2.14. The van der Waals surface area contributed by atoms with E-state index in [0.29, 0.717) is 12.3 Å². The molecule has 0 aromatic carbocycles. The van der Waals surface area contributed by atoms with Crippen molar-refractivity contribution in [3.8, 4) is 0 Å².